The van der Waals surface area contributed by atoms with Crippen LogP contribution in [0.2, 0.25) is 0 Å². The Morgan fingerprint density at radius 3 is 2.74 bits per heavy atom. The summed E-state index contributed by atoms with van der Waals surface area (Å²) in [6.07, 6.45) is 1.95. The van der Waals surface area contributed by atoms with Crippen molar-refractivity contribution in [3.05, 3.63) is 48.2 Å². The lowest BCUT2D eigenvalue weighted by Gasteiger charge is -2.08. The van der Waals surface area contributed by atoms with Gasteiger partial charge in [0.2, 0.25) is 5.88 Å². The molecule has 7 heteroatoms. The predicted molar refractivity (Wildman–Crippen MR) is 100 cm³/mol. The van der Waals surface area contributed by atoms with Crippen molar-refractivity contribution in [2.45, 2.75) is 6.54 Å². The molecule has 2 aromatic heterocycles. The van der Waals surface area contributed by atoms with E-state index in [1.807, 2.05) is 6.20 Å². The molecule has 3 heterocycles. The first-order valence-corrected chi connectivity index (χ1v) is 6.81. The van der Waals surface area contributed by atoms with Gasteiger partial charge in [-0.15, -0.1) is 37.2 Å². The van der Waals surface area contributed by atoms with Crippen molar-refractivity contribution in [1.29, 1.82) is 0 Å². The van der Waals surface area contributed by atoms with Crippen LogP contribution in [0.3, 0.4) is 0 Å². The summed E-state index contributed by atoms with van der Waals surface area (Å²) >= 11 is 0. The molecule has 0 saturated carbocycles. The quantitative estimate of drug-likeness (QED) is 0.677. The topological polar surface area (TPSA) is 49.9 Å². The van der Waals surface area contributed by atoms with Crippen molar-refractivity contribution in [2.75, 3.05) is 13.2 Å². The number of halogens is 3. The Bertz CT molecular complexity index is 776. The maximum atomic E-state index is 5.70. The van der Waals surface area contributed by atoms with Crippen LogP contribution < -0.4 is 10.1 Å². The molecule has 3 aromatic rings. The molecule has 1 aliphatic heterocycles. The average Bonchev–Trinajstić information content (AvgIpc) is 2.83. The van der Waals surface area contributed by atoms with Gasteiger partial charge in [-0.05, 0) is 23.6 Å². The van der Waals surface area contributed by atoms with Crippen molar-refractivity contribution < 1.29 is 4.74 Å². The Hall–Kier alpha value is -1.46. The fourth-order valence-corrected chi connectivity index (χ4v) is 2.54. The van der Waals surface area contributed by atoms with Crippen LogP contribution in [0.1, 0.15) is 5.56 Å². The highest BCUT2D eigenvalue weighted by molar-refractivity contribution is 5.86. The fraction of sp³-hybridized carbons (Fsp3) is 0.188. The number of pyridine rings is 1. The number of aromatic amines is 1. The van der Waals surface area contributed by atoms with Crippen molar-refractivity contribution >= 4 is 48.1 Å². The van der Waals surface area contributed by atoms with Gasteiger partial charge in [0.1, 0.15) is 6.61 Å². The smallest absolute Gasteiger partial charge is 0.218 e. The molecule has 0 radical (unpaired) electrons. The van der Waals surface area contributed by atoms with Gasteiger partial charge in [0.15, 0.2) is 0 Å². The first-order chi connectivity index (χ1) is 9.90. The molecule has 0 bridgehead atoms. The number of nitrogens with zero attached hydrogens (tertiary/aromatic N) is 1. The Labute approximate surface area is 153 Å². The lowest BCUT2D eigenvalue weighted by atomic mass is 10.1. The third-order valence-electron chi connectivity index (χ3n) is 3.62. The average molecular weight is 375 g/mol. The Balaban J connectivity index is 0.000000882. The predicted octanol–water partition coefficient (Wildman–Crippen LogP) is 3.98. The molecule has 4 rings (SSSR count). The molecular weight excluding hydrogens is 357 g/mol. The van der Waals surface area contributed by atoms with Crippen LogP contribution in [-0.2, 0) is 6.54 Å². The maximum Gasteiger partial charge on any atom is 0.218 e. The van der Waals surface area contributed by atoms with Crippen LogP contribution in [0.15, 0.2) is 42.6 Å². The van der Waals surface area contributed by atoms with E-state index in [1.165, 1.54) is 5.39 Å². The zero-order valence-corrected chi connectivity index (χ0v) is 14.7. The highest BCUT2D eigenvalue weighted by Gasteiger charge is 2.11. The fourth-order valence-electron chi connectivity index (χ4n) is 2.54. The molecule has 0 saturated heterocycles. The largest absolute Gasteiger partial charge is 0.476 e. The van der Waals surface area contributed by atoms with E-state index in [4.69, 9.17) is 4.74 Å². The van der Waals surface area contributed by atoms with Crippen LogP contribution in [0, 0.1) is 0 Å². The van der Waals surface area contributed by atoms with Gasteiger partial charge >= 0.3 is 0 Å². The van der Waals surface area contributed by atoms with Gasteiger partial charge < -0.3 is 15.0 Å². The van der Waals surface area contributed by atoms with Gasteiger partial charge in [0.05, 0.1) is 5.69 Å². The molecule has 0 fully saturated rings. The SMILES string of the molecule is Cl.Cl.Cl.c1cc2ccc(-c3ccc4c(n3)OCCNC4)cc2[nH]1. The van der Waals surface area contributed by atoms with Gasteiger partial charge in [0, 0.05) is 35.9 Å². The van der Waals surface area contributed by atoms with Crippen LogP contribution in [0.5, 0.6) is 5.88 Å². The number of hydrogen-bond acceptors (Lipinski definition) is 3. The highest BCUT2D eigenvalue weighted by atomic mass is 35.5. The van der Waals surface area contributed by atoms with E-state index < -0.39 is 0 Å². The highest BCUT2D eigenvalue weighted by Crippen LogP contribution is 2.26. The van der Waals surface area contributed by atoms with Crippen LogP contribution in [-0.4, -0.2) is 23.1 Å². The molecule has 0 unspecified atom stereocenters. The third kappa shape index (κ3) is 3.90. The minimum Gasteiger partial charge on any atom is -0.476 e. The molecule has 0 spiro atoms. The van der Waals surface area contributed by atoms with Crippen molar-refractivity contribution in [2.24, 2.45) is 0 Å². The second-order valence-electron chi connectivity index (χ2n) is 4.97. The van der Waals surface area contributed by atoms with Crippen molar-refractivity contribution in [3.63, 3.8) is 0 Å². The van der Waals surface area contributed by atoms with Crippen LogP contribution in [0.4, 0.5) is 0 Å². The zero-order valence-electron chi connectivity index (χ0n) is 12.2. The third-order valence-corrected chi connectivity index (χ3v) is 3.62. The number of benzene rings is 1. The monoisotopic (exact) mass is 373 g/mol. The summed E-state index contributed by atoms with van der Waals surface area (Å²) in [5.41, 5.74) is 4.29. The van der Waals surface area contributed by atoms with E-state index in [9.17, 15) is 0 Å². The van der Waals surface area contributed by atoms with Crippen LogP contribution in [0.25, 0.3) is 22.2 Å². The maximum absolute atomic E-state index is 5.70. The van der Waals surface area contributed by atoms with E-state index in [-0.39, 0.29) is 37.2 Å². The minimum atomic E-state index is 0. The Morgan fingerprint density at radius 1 is 1.00 bits per heavy atom. The van der Waals surface area contributed by atoms with E-state index in [0.717, 1.165) is 41.3 Å². The van der Waals surface area contributed by atoms with Crippen LogP contribution >= 0.6 is 37.2 Å². The minimum absolute atomic E-state index is 0. The van der Waals surface area contributed by atoms with Gasteiger partial charge in [-0.3, -0.25) is 0 Å². The van der Waals surface area contributed by atoms with Gasteiger partial charge in [-0.2, -0.15) is 0 Å². The second kappa shape index (κ2) is 8.41. The molecule has 1 aliphatic rings. The zero-order chi connectivity index (χ0) is 13.4. The first-order valence-electron chi connectivity index (χ1n) is 6.81. The molecule has 0 aliphatic carbocycles. The Morgan fingerprint density at radius 2 is 1.87 bits per heavy atom. The number of fused-ring (bicyclic) bond motifs is 2. The van der Waals surface area contributed by atoms with Gasteiger partial charge in [-0.25, -0.2) is 4.98 Å². The van der Waals surface area contributed by atoms with Gasteiger partial charge in [0.25, 0.3) is 0 Å². The molecule has 0 atom stereocenters. The van der Waals surface area contributed by atoms with E-state index in [1.54, 1.807) is 0 Å². The molecule has 124 valence electrons. The van der Waals surface area contributed by atoms with Crippen molar-refractivity contribution in [1.82, 2.24) is 15.3 Å². The standard InChI is InChI=1S/C16H15N3O.3ClH/c1-2-12(9-15-11(1)5-6-18-15)14-4-3-13-10-17-7-8-20-16(13)19-14;;;/h1-6,9,17-18H,7-8,10H2;3*1H. The first kappa shape index (κ1) is 19.6. The van der Waals surface area contributed by atoms with E-state index in [2.05, 4.69) is 51.7 Å². The molecule has 0 amide bonds. The lowest BCUT2D eigenvalue weighted by molar-refractivity contribution is 0.314. The number of aromatic nitrogens is 2. The summed E-state index contributed by atoms with van der Waals surface area (Å²) in [4.78, 5) is 7.89. The number of hydrogen-bond donors (Lipinski definition) is 2. The number of H-pyrrole nitrogens is 1. The molecule has 23 heavy (non-hydrogen) atoms. The van der Waals surface area contributed by atoms with Crippen molar-refractivity contribution in [3.8, 4) is 17.1 Å². The van der Waals surface area contributed by atoms with Gasteiger partial charge in [-0.1, -0.05) is 18.2 Å². The number of rotatable bonds is 1. The molecular formula is C16H18Cl3N3O. The summed E-state index contributed by atoms with van der Waals surface area (Å²) in [7, 11) is 0. The summed E-state index contributed by atoms with van der Waals surface area (Å²) in [6, 6.07) is 12.5. The molecule has 1 aromatic carbocycles. The summed E-state index contributed by atoms with van der Waals surface area (Å²) in [5, 5.41) is 4.53. The summed E-state index contributed by atoms with van der Waals surface area (Å²) < 4.78 is 5.70. The summed E-state index contributed by atoms with van der Waals surface area (Å²) in [5.74, 6) is 0.749. The number of ether oxygens (including phenoxy) is 1. The Kier molecular flexibility index (Phi) is 7.16. The second-order valence-corrected chi connectivity index (χ2v) is 4.97. The summed E-state index contributed by atoms with van der Waals surface area (Å²) in [6.45, 7) is 2.34. The molecule has 4 nitrogen and oxygen atoms in total. The normalized spacial score (nSPS) is 12.7. The van der Waals surface area contributed by atoms with E-state index >= 15 is 0 Å². The molecule has 2 N–H and O–H groups in total. The number of nitrogens with one attached hydrogen (secondary N) is 2. The lowest BCUT2D eigenvalue weighted by Crippen LogP contribution is -2.16. The van der Waals surface area contributed by atoms with E-state index in [0.29, 0.717) is 6.61 Å².